The molecule has 0 aliphatic carbocycles. The standard InChI is InChI=1S/C9H15N3O2S/c1-5-9(3)6(2)11-7(15-9)12-14-8(13)10-4/h5H2,1-4H3,(H,10,13). The Morgan fingerprint density at radius 3 is 2.87 bits per heavy atom. The van der Waals surface area contributed by atoms with E-state index in [1.54, 1.807) is 0 Å². The third kappa shape index (κ3) is 2.71. The van der Waals surface area contributed by atoms with Gasteiger partial charge in [-0.3, -0.25) is 4.84 Å². The topological polar surface area (TPSA) is 63.0 Å². The fourth-order valence-corrected chi connectivity index (χ4v) is 2.05. The Hall–Kier alpha value is -1.04. The first-order chi connectivity index (χ1) is 7.01. The van der Waals surface area contributed by atoms with Gasteiger partial charge in [0, 0.05) is 12.8 Å². The molecule has 0 bridgehead atoms. The average Bonchev–Trinajstić information content (AvgIpc) is 2.52. The van der Waals surface area contributed by atoms with Crippen LogP contribution in [0.4, 0.5) is 4.79 Å². The van der Waals surface area contributed by atoms with Crippen LogP contribution in [0.5, 0.6) is 0 Å². The zero-order chi connectivity index (χ0) is 11.5. The molecule has 5 nitrogen and oxygen atoms in total. The number of oxime groups is 1. The van der Waals surface area contributed by atoms with E-state index in [1.165, 1.54) is 18.8 Å². The van der Waals surface area contributed by atoms with Crippen LogP contribution in [-0.2, 0) is 4.84 Å². The van der Waals surface area contributed by atoms with Crippen LogP contribution in [0, 0.1) is 0 Å². The van der Waals surface area contributed by atoms with Gasteiger partial charge in [0.2, 0.25) is 5.17 Å². The Morgan fingerprint density at radius 1 is 1.73 bits per heavy atom. The highest BCUT2D eigenvalue weighted by atomic mass is 32.2. The van der Waals surface area contributed by atoms with Crippen molar-refractivity contribution in [2.75, 3.05) is 7.05 Å². The summed E-state index contributed by atoms with van der Waals surface area (Å²) in [6.45, 7) is 6.15. The summed E-state index contributed by atoms with van der Waals surface area (Å²) in [5, 5.41) is 6.48. The summed E-state index contributed by atoms with van der Waals surface area (Å²) in [7, 11) is 1.48. The van der Waals surface area contributed by atoms with Gasteiger partial charge in [0.05, 0.1) is 4.75 Å². The summed E-state index contributed by atoms with van der Waals surface area (Å²) in [6.07, 6.45) is 0.382. The molecule has 0 spiro atoms. The maximum Gasteiger partial charge on any atom is 0.433 e. The summed E-state index contributed by atoms with van der Waals surface area (Å²) < 4.78 is -0.0229. The van der Waals surface area contributed by atoms with E-state index in [-0.39, 0.29) is 4.75 Å². The highest BCUT2D eigenvalue weighted by molar-refractivity contribution is 8.16. The Labute approximate surface area is 93.3 Å². The number of hydrogen-bond acceptors (Lipinski definition) is 4. The minimum Gasteiger partial charge on any atom is -0.323 e. The molecule has 6 heteroatoms. The third-order valence-electron chi connectivity index (χ3n) is 2.43. The maximum atomic E-state index is 10.8. The Bertz CT molecular complexity index is 327. The van der Waals surface area contributed by atoms with Gasteiger partial charge in [0.25, 0.3) is 0 Å². The van der Waals surface area contributed by atoms with Crippen molar-refractivity contribution in [1.82, 2.24) is 5.32 Å². The van der Waals surface area contributed by atoms with Crippen molar-refractivity contribution in [1.29, 1.82) is 0 Å². The van der Waals surface area contributed by atoms with Crippen LogP contribution < -0.4 is 5.32 Å². The second-order valence-corrected chi connectivity index (χ2v) is 4.86. The van der Waals surface area contributed by atoms with Crippen LogP contribution in [0.1, 0.15) is 27.2 Å². The molecule has 0 aromatic carbocycles. The summed E-state index contributed by atoms with van der Waals surface area (Å²) in [5.41, 5.74) is 1.01. The van der Waals surface area contributed by atoms with Gasteiger partial charge in [-0.25, -0.2) is 9.79 Å². The predicted molar refractivity (Wildman–Crippen MR) is 62.4 cm³/mol. The minimum atomic E-state index is -0.582. The molecule has 0 aromatic rings. The second kappa shape index (κ2) is 4.65. The molecule has 1 atom stereocenters. The number of nitrogens with zero attached hydrogens (tertiary/aromatic N) is 2. The van der Waals surface area contributed by atoms with E-state index < -0.39 is 6.09 Å². The lowest BCUT2D eigenvalue weighted by Crippen LogP contribution is -2.24. The molecule has 1 aliphatic rings. The van der Waals surface area contributed by atoms with Crippen LogP contribution in [0.25, 0.3) is 0 Å². The zero-order valence-electron chi connectivity index (χ0n) is 9.33. The fraction of sp³-hybridized carbons (Fsp3) is 0.667. The van der Waals surface area contributed by atoms with E-state index in [2.05, 4.69) is 34.1 Å². The van der Waals surface area contributed by atoms with Crippen LogP contribution in [-0.4, -0.2) is 28.8 Å². The van der Waals surface area contributed by atoms with Crippen LogP contribution in [0.15, 0.2) is 10.1 Å². The number of thioether (sulfide) groups is 1. The van der Waals surface area contributed by atoms with Crippen LogP contribution >= 0.6 is 11.8 Å². The van der Waals surface area contributed by atoms with E-state index in [0.29, 0.717) is 5.17 Å². The van der Waals surface area contributed by atoms with Crippen molar-refractivity contribution < 1.29 is 9.63 Å². The number of hydrogen-bond donors (Lipinski definition) is 1. The lowest BCUT2D eigenvalue weighted by atomic mass is 10.0. The number of aliphatic imine (C=N–C) groups is 1. The van der Waals surface area contributed by atoms with Crippen molar-refractivity contribution >= 4 is 28.7 Å². The predicted octanol–water partition coefficient (Wildman–Crippen LogP) is 1.99. The lowest BCUT2D eigenvalue weighted by molar-refractivity contribution is 0.153. The van der Waals surface area contributed by atoms with Gasteiger partial charge in [-0.1, -0.05) is 18.7 Å². The van der Waals surface area contributed by atoms with Gasteiger partial charge in [-0.15, -0.1) is 0 Å². The van der Waals surface area contributed by atoms with Crippen LogP contribution in [0.2, 0.25) is 0 Å². The fourth-order valence-electron chi connectivity index (χ4n) is 1.05. The molecule has 0 saturated carbocycles. The highest BCUT2D eigenvalue weighted by Gasteiger charge is 2.34. The molecule has 0 radical (unpaired) electrons. The number of carbonyl (C=O) groups is 1. The van der Waals surface area contributed by atoms with Gasteiger partial charge < -0.3 is 5.32 Å². The van der Waals surface area contributed by atoms with Crippen molar-refractivity contribution in [2.45, 2.75) is 31.9 Å². The monoisotopic (exact) mass is 229 g/mol. The number of amides is 1. The first-order valence-electron chi connectivity index (χ1n) is 4.73. The van der Waals surface area contributed by atoms with Crippen LogP contribution in [0.3, 0.4) is 0 Å². The van der Waals surface area contributed by atoms with Crippen molar-refractivity contribution in [2.24, 2.45) is 10.1 Å². The molecule has 1 heterocycles. The lowest BCUT2D eigenvalue weighted by Gasteiger charge is -2.19. The smallest absolute Gasteiger partial charge is 0.323 e. The third-order valence-corrected chi connectivity index (χ3v) is 3.81. The van der Waals surface area contributed by atoms with Crippen molar-refractivity contribution in [3.63, 3.8) is 0 Å². The zero-order valence-corrected chi connectivity index (χ0v) is 10.1. The molecule has 1 N–H and O–H groups in total. The average molecular weight is 229 g/mol. The highest BCUT2D eigenvalue weighted by Crippen LogP contribution is 2.37. The first kappa shape index (κ1) is 12.0. The van der Waals surface area contributed by atoms with Crippen molar-refractivity contribution in [3.8, 4) is 0 Å². The van der Waals surface area contributed by atoms with Gasteiger partial charge in [0.1, 0.15) is 0 Å². The summed E-state index contributed by atoms with van der Waals surface area (Å²) in [4.78, 5) is 19.6. The Balaban J connectivity index is 2.67. The second-order valence-electron chi connectivity index (χ2n) is 3.39. The Kier molecular flexibility index (Phi) is 3.73. The molecule has 1 unspecified atom stereocenters. The molecular formula is C9H15N3O2S. The molecular weight excluding hydrogens is 214 g/mol. The normalized spacial score (nSPS) is 27.7. The Morgan fingerprint density at radius 2 is 2.40 bits per heavy atom. The SMILES string of the molecule is CCC1(C)SC(=NOC(=O)NC)N=C1C. The molecule has 84 valence electrons. The largest absolute Gasteiger partial charge is 0.433 e. The molecule has 0 aromatic heterocycles. The summed E-state index contributed by atoms with van der Waals surface area (Å²) >= 11 is 1.51. The number of carbonyl (C=O) groups excluding carboxylic acids is 1. The number of rotatable bonds is 2. The number of amidine groups is 1. The minimum absolute atomic E-state index is 0.0229. The van der Waals surface area contributed by atoms with E-state index in [0.717, 1.165) is 12.1 Å². The van der Waals surface area contributed by atoms with Gasteiger partial charge in [-0.05, 0) is 25.4 Å². The van der Waals surface area contributed by atoms with Crippen molar-refractivity contribution in [3.05, 3.63) is 0 Å². The van der Waals surface area contributed by atoms with E-state index in [9.17, 15) is 4.79 Å². The number of nitrogens with one attached hydrogen (secondary N) is 1. The quantitative estimate of drug-likeness (QED) is 0.581. The molecule has 0 saturated heterocycles. The van der Waals surface area contributed by atoms with E-state index in [4.69, 9.17) is 0 Å². The van der Waals surface area contributed by atoms with Gasteiger partial charge >= 0.3 is 6.09 Å². The molecule has 1 aliphatic heterocycles. The summed E-state index contributed by atoms with van der Waals surface area (Å²) in [6, 6.07) is 0. The maximum absolute atomic E-state index is 10.8. The molecule has 0 fully saturated rings. The molecule has 1 amide bonds. The van der Waals surface area contributed by atoms with Gasteiger partial charge in [0.15, 0.2) is 0 Å². The first-order valence-corrected chi connectivity index (χ1v) is 5.55. The molecule has 15 heavy (non-hydrogen) atoms. The molecule has 1 rings (SSSR count). The van der Waals surface area contributed by atoms with E-state index >= 15 is 0 Å². The van der Waals surface area contributed by atoms with E-state index in [1.807, 2.05) is 6.92 Å². The summed E-state index contributed by atoms with van der Waals surface area (Å²) in [5.74, 6) is 0. The van der Waals surface area contributed by atoms with Gasteiger partial charge in [-0.2, -0.15) is 0 Å².